The van der Waals surface area contributed by atoms with Crippen LogP contribution in [-0.4, -0.2) is 55.8 Å². The summed E-state index contributed by atoms with van der Waals surface area (Å²) < 4.78 is 5.78. The SMILES string of the molecule is C[N+](C)(C)CCOC(=O)CCCCC(=O)O. The maximum Gasteiger partial charge on any atom is 0.305 e. The first-order chi connectivity index (χ1) is 7.31. The Kier molecular flexibility index (Phi) is 6.72. The Morgan fingerprint density at radius 3 is 2.19 bits per heavy atom. The molecule has 0 rings (SSSR count). The summed E-state index contributed by atoms with van der Waals surface area (Å²) in [6.45, 7) is 1.20. The van der Waals surface area contributed by atoms with Gasteiger partial charge < -0.3 is 14.3 Å². The van der Waals surface area contributed by atoms with Gasteiger partial charge in [0, 0.05) is 12.8 Å². The monoisotopic (exact) mass is 232 g/mol. The predicted octanol–water partition coefficient (Wildman–Crippen LogP) is 0.881. The van der Waals surface area contributed by atoms with Crippen molar-refractivity contribution in [3.63, 3.8) is 0 Å². The second kappa shape index (κ2) is 7.22. The van der Waals surface area contributed by atoms with Gasteiger partial charge >= 0.3 is 11.9 Å². The van der Waals surface area contributed by atoms with Crippen molar-refractivity contribution in [1.82, 2.24) is 0 Å². The molecule has 5 heteroatoms. The van der Waals surface area contributed by atoms with Crippen LogP contribution in [0.25, 0.3) is 0 Å². The normalized spacial score (nSPS) is 11.2. The highest BCUT2D eigenvalue weighted by Crippen LogP contribution is 2.01. The van der Waals surface area contributed by atoms with Gasteiger partial charge in [0.15, 0.2) is 0 Å². The van der Waals surface area contributed by atoms with Crippen molar-refractivity contribution >= 4 is 11.9 Å². The lowest BCUT2D eigenvalue weighted by atomic mass is 10.2. The average molecular weight is 232 g/mol. The minimum Gasteiger partial charge on any atom is -0.481 e. The van der Waals surface area contributed by atoms with Crippen molar-refractivity contribution in [2.75, 3.05) is 34.3 Å². The molecule has 0 aromatic carbocycles. The number of rotatable bonds is 8. The van der Waals surface area contributed by atoms with Crippen LogP contribution in [0, 0.1) is 0 Å². The zero-order chi connectivity index (χ0) is 12.6. The molecular weight excluding hydrogens is 210 g/mol. The Bertz CT molecular complexity index is 233. The third-order valence-corrected chi connectivity index (χ3v) is 2.05. The molecule has 94 valence electrons. The molecule has 0 fully saturated rings. The molecule has 0 atom stereocenters. The second-order valence-corrected chi connectivity index (χ2v) is 4.84. The number of carbonyl (C=O) groups is 2. The Hall–Kier alpha value is -1.10. The molecule has 0 saturated carbocycles. The molecule has 5 nitrogen and oxygen atoms in total. The number of ether oxygens (including phenoxy) is 1. The first-order valence-corrected chi connectivity index (χ1v) is 5.49. The van der Waals surface area contributed by atoms with Crippen LogP contribution in [-0.2, 0) is 14.3 Å². The van der Waals surface area contributed by atoms with E-state index in [2.05, 4.69) is 0 Å². The third kappa shape index (κ3) is 11.0. The minimum atomic E-state index is -0.821. The van der Waals surface area contributed by atoms with Crippen LogP contribution in [0.5, 0.6) is 0 Å². The Morgan fingerprint density at radius 2 is 1.69 bits per heavy atom. The van der Waals surface area contributed by atoms with Crippen molar-refractivity contribution in [3.8, 4) is 0 Å². The summed E-state index contributed by atoms with van der Waals surface area (Å²) in [7, 11) is 6.09. The summed E-state index contributed by atoms with van der Waals surface area (Å²) in [5.41, 5.74) is 0. The van der Waals surface area contributed by atoms with Gasteiger partial charge in [-0.15, -0.1) is 0 Å². The van der Waals surface area contributed by atoms with Crippen molar-refractivity contribution in [2.24, 2.45) is 0 Å². The highest BCUT2D eigenvalue weighted by Gasteiger charge is 2.09. The van der Waals surface area contributed by atoms with Crippen LogP contribution in [0.1, 0.15) is 25.7 Å². The minimum absolute atomic E-state index is 0.117. The summed E-state index contributed by atoms with van der Waals surface area (Å²) in [5.74, 6) is -1.06. The number of likely N-dealkylation sites (N-methyl/N-ethyl adjacent to an activating group) is 1. The number of esters is 1. The molecule has 0 aromatic rings. The topological polar surface area (TPSA) is 63.6 Å². The highest BCUT2D eigenvalue weighted by molar-refractivity contribution is 5.69. The molecule has 0 unspecified atom stereocenters. The standard InChI is InChI=1S/C11H21NO4/c1-12(2,3)8-9-16-11(15)7-5-4-6-10(13)14/h4-9H2,1-3H3/p+1. The van der Waals surface area contributed by atoms with E-state index in [-0.39, 0.29) is 12.4 Å². The van der Waals surface area contributed by atoms with Crippen LogP contribution in [0.15, 0.2) is 0 Å². The highest BCUT2D eigenvalue weighted by atomic mass is 16.5. The van der Waals surface area contributed by atoms with Crippen molar-refractivity contribution < 1.29 is 23.9 Å². The van der Waals surface area contributed by atoms with E-state index in [0.29, 0.717) is 25.9 Å². The summed E-state index contributed by atoms with van der Waals surface area (Å²) in [4.78, 5) is 21.4. The lowest BCUT2D eigenvalue weighted by Crippen LogP contribution is -2.38. The molecule has 1 N–H and O–H groups in total. The van der Waals surface area contributed by atoms with Gasteiger partial charge in [0.2, 0.25) is 0 Å². The third-order valence-electron chi connectivity index (χ3n) is 2.05. The largest absolute Gasteiger partial charge is 0.481 e. The lowest BCUT2D eigenvalue weighted by molar-refractivity contribution is -0.870. The molecule has 0 aliphatic heterocycles. The van der Waals surface area contributed by atoms with Crippen LogP contribution < -0.4 is 0 Å². The molecule has 0 amide bonds. The summed E-state index contributed by atoms with van der Waals surface area (Å²) >= 11 is 0. The molecule has 0 radical (unpaired) electrons. The van der Waals surface area contributed by atoms with Gasteiger partial charge in [-0.3, -0.25) is 9.59 Å². The zero-order valence-corrected chi connectivity index (χ0v) is 10.4. The Balaban J connectivity index is 3.42. The quantitative estimate of drug-likeness (QED) is 0.383. The van der Waals surface area contributed by atoms with E-state index in [4.69, 9.17) is 9.84 Å². The average Bonchev–Trinajstić information content (AvgIpc) is 2.10. The first-order valence-electron chi connectivity index (χ1n) is 5.49. The van der Waals surface area contributed by atoms with Gasteiger partial charge in [0.1, 0.15) is 13.2 Å². The van der Waals surface area contributed by atoms with Crippen molar-refractivity contribution in [3.05, 3.63) is 0 Å². The van der Waals surface area contributed by atoms with Gasteiger partial charge in [-0.2, -0.15) is 0 Å². The fraction of sp³-hybridized carbons (Fsp3) is 0.818. The van der Waals surface area contributed by atoms with E-state index in [0.717, 1.165) is 11.0 Å². The van der Waals surface area contributed by atoms with E-state index in [1.54, 1.807) is 0 Å². The van der Waals surface area contributed by atoms with E-state index >= 15 is 0 Å². The van der Waals surface area contributed by atoms with Crippen molar-refractivity contribution in [2.45, 2.75) is 25.7 Å². The number of aliphatic carboxylic acids is 1. The van der Waals surface area contributed by atoms with Gasteiger partial charge in [-0.1, -0.05) is 0 Å². The molecule has 0 aliphatic rings. The maximum atomic E-state index is 11.2. The van der Waals surface area contributed by atoms with Gasteiger partial charge in [-0.25, -0.2) is 0 Å². The number of carboxylic acid groups (broad SMARTS) is 1. The summed E-state index contributed by atoms with van der Waals surface area (Å²) in [5, 5.41) is 8.39. The number of unbranched alkanes of at least 4 members (excludes halogenated alkanes) is 1. The molecule has 0 saturated heterocycles. The number of hydrogen-bond acceptors (Lipinski definition) is 3. The van der Waals surface area contributed by atoms with Crippen LogP contribution in [0.3, 0.4) is 0 Å². The van der Waals surface area contributed by atoms with Crippen LogP contribution in [0.4, 0.5) is 0 Å². The Labute approximate surface area is 96.6 Å². The maximum absolute atomic E-state index is 11.2. The fourth-order valence-electron chi connectivity index (χ4n) is 1.05. The molecule has 0 aliphatic carbocycles. The number of hydrogen-bond donors (Lipinski definition) is 1. The summed E-state index contributed by atoms with van der Waals surface area (Å²) in [6, 6.07) is 0. The molecule has 0 heterocycles. The molecule has 0 aromatic heterocycles. The van der Waals surface area contributed by atoms with Gasteiger partial charge in [-0.05, 0) is 12.8 Å². The predicted molar refractivity (Wildman–Crippen MR) is 60.0 cm³/mol. The molecule has 0 spiro atoms. The number of nitrogens with zero attached hydrogens (tertiary/aromatic N) is 1. The number of carboxylic acids is 1. The van der Waals surface area contributed by atoms with E-state index < -0.39 is 5.97 Å². The first kappa shape index (κ1) is 14.9. The number of quaternary nitrogens is 1. The van der Waals surface area contributed by atoms with E-state index in [1.165, 1.54) is 0 Å². The van der Waals surface area contributed by atoms with Crippen LogP contribution >= 0.6 is 0 Å². The van der Waals surface area contributed by atoms with E-state index in [1.807, 2.05) is 21.1 Å². The van der Waals surface area contributed by atoms with Crippen LogP contribution in [0.2, 0.25) is 0 Å². The van der Waals surface area contributed by atoms with Crippen molar-refractivity contribution in [1.29, 1.82) is 0 Å². The lowest BCUT2D eigenvalue weighted by Gasteiger charge is -2.23. The van der Waals surface area contributed by atoms with Gasteiger partial charge in [0.05, 0.1) is 21.1 Å². The molecule has 0 bridgehead atoms. The van der Waals surface area contributed by atoms with Gasteiger partial charge in [0.25, 0.3) is 0 Å². The van der Waals surface area contributed by atoms with E-state index in [9.17, 15) is 9.59 Å². The Morgan fingerprint density at radius 1 is 1.12 bits per heavy atom. The molecule has 16 heavy (non-hydrogen) atoms. The molecular formula is C11H22NO4+. The summed E-state index contributed by atoms with van der Waals surface area (Å²) in [6.07, 6.45) is 1.53. The smallest absolute Gasteiger partial charge is 0.305 e. The fourth-order valence-corrected chi connectivity index (χ4v) is 1.05. The number of carbonyl (C=O) groups excluding carboxylic acids is 1. The zero-order valence-electron chi connectivity index (χ0n) is 10.4. The second-order valence-electron chi connectivity index (χ2n) is 4.84.